The highest BCUT2D eigenvalue weighted by Gasteiger charge is 2.49. The van der Waals surface area contributed by atoms with Gasteiger partial charge in [0, 0.05) is 4.43 Å². The maximum atomic E-state index is 2.55. The third-order valence-corrected chi connectivity index (χ3v) is 11.2. The summed E-state index contributed by atoms with van der Waals surface area (Å²) in [6.07, 6.45) is 0. The Hall–Kier alpha value is -1.18. The van der Waals surface area contributed by atoms with Crippen LogP contribution in [0.1, 0.15) is 6.92 Å². The lowest BCUT2D eigenvalue weighted by Crippen LogP contribution is -2.38. The van der Waals surface area contributed by atoms with Crippen LogP contribution in [0, 0.1) is 0 Å². The van der Waals surface area contributed by atoms with Crippen molar-refractivity contribution in [1.82, 2.24) is 0 Å². The molecule has 23 heavy (non-hydrogen) atoms. The molecule has 116 valence electrons. The van der Waals surface area contributed by atoms with Crippen LogP contribution in [0.25, 0.3) is 0 Å². The molecule has 0 N–H and O–H groups in total. The zero-order valence-electron chi connectivity index (χ0n) is 13.3. The summed E-state index contributed by atoms with van der Waals surface area (Å²) in [6, 6.07) is 33.3. The molecule has 1 unspecified atom stereocenters. The lowest BCUT2D eigenvalue weighted by molar-refractivity contribution is 1.13. The van der Waals surface area contributed by atoms with Gasteiger partial charge in [0.1, 0.15) is 23.2 Å². The van der Waals surface area contributed by atoms with Gasteiger partial charge in [0.2, 0.25) is 0 Å². The van der Waals surface area contributed by atoms with Gasteiger partial charge in [-0.1, -0.05) is 77.2 Å². The molecule has 0 saturated heterocycles. The van der Waals surface area contributed by atoms with Gasteiger partial charge in [0.15, 0.2) is 0 Å². The number of halogens is 1. The fraction of sp³-hybridized carbons (Fsp3) is 0.143. The predicted molar refractivity (Wildman–Crippen MR) is 113 cm³/mol. The van der Waals surface area contributed by atoms with Crippen LogP contribution in [0.4, 0.5) is 0 Å². The molecule has 0 amide bonds. The van der Waals surface area contributed by atoms with E-state index in [1.807, 2.05) is 0 Å². The van der Waals surface area contributed by atoms with E-state index in [9.17, 15) is 0 Å². The Balaban J connectivity index is 2.35. The lowest BCUT2D eigenvalue weighted by Gasteiger charge is -2.32. The molecule has 3 aromatic rings. The second-order valence-corrected chi connectivity index (χ2v) is 10.5. The van der Waals surface area contributed by atoms with E-state index < -0.39 is 7.26 Å². The Morgan fingerprint density at radius 2 is 0.957 bits per heavy atom. The van der Waals surface area contributed by atoms with E-state index in [1.54, 1.807) is 0 Å². The van der Waals surface area contributed by atoms with Crippen molar-refractivity contribution < 1.29 is 0 Å². The largest absolute Gasteiger partial charge is 0.115 e. The summed E-state index contributed by atoms with van der Waals surface area (Å²) < 4.78 is 1.14. The number of benzene rings is 3. The second kappa shape index (κ2) is 7.59. The van der Waals surface area contributed by atoms with Crippen molar-refractivity contribution >= 4 is 45.8 Å². The van der Waals surface area contributed by atoms with E-state index in [-0.39, 0.29) is 0 Å². The van der Waals surface area contributed by atoms with Gasteiger partial charge in [-0.05, 0) is 43.3 Å². The molecule has 0 bridgehead atoms. The van der Waals surface area contributed by atoms with Crippen molar-refractivity contribution in [2.45, 2.75) is 12.6 Å². The molecule has 0 heterocycles. The monoisotopic (exact) mass is 431 g/mol. The average Bonchev–Trinajstić information content (AvgIpc) is 2.65. The van der Waals surface area contributed by atoms with E-state index >= 15 is 0 Å². The summed E-state index contributed by atoms with van der Waals surface area (Å²) in [6.45, 7) is 2.41. The molecule has 3 rings (SSSR count). The molecule has 3 aromatic carbocycles. The van der Waals surface area contributed by atoms with Crippen LogP contribution in [-0.4, -0.2) is 10.1 Å². The van der Waals surface area contributed by atoms with Gasteiger partial charge in [0.25, 0.3) is 0 Å². The van der Waals surface area contributed by atoms with Gasteiger partial charge in [-0.3, -0.25) is 0 Å². The van der Waals surface area contributed by atoms with Crippen LogP contribution in [-0.2, 0) is 0 Å². The van der Waals surface area contributed by atoms with E-state index in [4.69, 9.17) is 0 Å². The first-order chi connectivity index (χ1) is 11.3. The van der Waals surface area contributed by atoms with Crippen molar-refractivity contribution in [2.75, 3.05) is 4.43 Å². The Bertz CT molecular complexity index is 629. The molecule has 0 nitrogen and oxygen atoms in total. The zero-order valence-corrected chi connectivity index (χ0v) is 16.3. The highest BCUT2D eigenvalue weighted by molar-refractivity contribution is 14.1. The highest BCUT2D eigenvalue weighted by atomic mass is 127. The number of hydrogen-bond acceptors (Lipinski definition) is 0. The quantitative estimate of drug-likeness (QED) is 0.309. The molecule has 0 fully saturated rings. The number of hydrogen-bond donors (Lipinski definition) is 0. The fourth-order valence-corrected chi connectivity index (χ4v) is 9.63. The topological polar surface area (TPSA) is 0 Å². The van der Waals surface area contributed by atoms with E-state index in [1.165, 1.54) is 15.9 Å². The van der Waals surface area contributed by atoms with Crippen molar-refractivity contribution in [3.8, 4) is 0 Å². The summed E-state index contributed by atoms with van der Waals surface area (Å²) in [4.78, 5) is 0. The third kappa shape index (κ3) is 3.09. The van der Waals surface area contributed by atoms with Crippen molar-refractivity contribution in [3.05, 3.63) is 91.0 Å². The van der Waals surface area contributed by atoms with E-state index in [0.29, 0.717) is 5.66 Å². The number of alkyl halides is 1. The van der Waals surface area contributed by atoms with Crippen LogP contribution >= 0.6 is 29.9 Å². The molecule has 0 aliphatic carbocycles. The minimum Gasteiger partial charge on any atom is -0.0821 e. The second-order valence-electron chi connectivity index (χ2n) is 5.73. The molecule has 0 aromatic heterocycles. The summed E-state index contributed by atoms with van der Waals surface area (Å²) in [5, 5.41) is 4.42. The zero-order chi connectivity index (χ0) is 16.1. The van der Waals surface area contributed by atoms with Crippen LogP contribution in [0.3, 0.4) is 0 Å². The summed E-state index contributed by atoms with van der Waals surface area (Å²) in [5.41, 5.74) is 0.593. The van der Waals surface area contributed by atoms with E-state index in [0.717, 1.165) is 4.43 Å². The lowest BCUT2D eigenvalue weighted by atomic mass is 10.3. The van der Waals surface area contributed by atoms with Gasteiger partial charge in [-0.2, -0.15) is 0 Å². The predicted octanol–water partition coefficient (Wildman–Crippen LogP) is 4.80. The maximum Gasteiger partial charge on any atom is 0.115 e. The molecule has 0 saturated carbocycles. The van der Waals surface area contributed by atoms with Gasteiger partial charge in [0.05, 0.1) is 5.66 Å². The van der Waals surface area contributed by atoms with Crippen LogP contribution in [0.5, 0.6) is 0 Å². The summed E-state index contributed by atoms with van der Waals surface area (Å²) in [5.74, 6) is 0. The Morgan fingerprint density at radius 1 is 0.652 bits per heavy atom. The van der Waals surface area contributed by atoms with E-state index in [2.05, 4.69) is 121 Å². The van der Waals surface area contributed by atoms with Crippen LogP contribution in [0.15, 0.2) is 91.0 Å². The fourth-order valence-electron chi connectivity index (χ4n) is 3.30. The molecule has 0 aliphatic heterocycles. The minimum atomic E-state index is -1.65. The molecule has 0 radical (unpaired) electrons. The Morgan fingerprint density at radius 3 is 1.22 bits per heavy atom. The minimum absolute atomic E-state index is 0.593. The van der Waals surface area contributed by atoms with Gasteiger partial charge < -0.3 is 0 Å². The molecule has 0 spiro atoms. The standard InChI is InChI=1S/C21H21IP/c1-18(17-22)23(19-11-5-2-6-12-19,20-13-7-3-8-14-20)21-15-9-4-10-16-21/h2-16,18H,17H2,1H3/q+1. The SMILES string of the molecule is CC(CI)[P+](c1ccccc1)(c1ccccc1)c1ccccc1. The maximum absolute atomic E-state index is 2.55. The van der Waals surface area contributed by atoms with Gasteiger partial charge >= 0.3 is 0 Å². The van der Waals surface area contributed by atoms with Gasteiger partial charge in [-0.15, -0.1) is 0 Å². The Labute approximate surface area is 153 Å². The normalized spacial score (nSPS) is 12.8. The summed E-state index contributed by atoms with van der Waals surface area (Å²) >= 11 is 2.55. The smallest absolute Gasteiger partial charge is 0.0821 e. The first kappa shape index (κ1) is 16.7. The molecule has 0 aliphatic rings. The first-order valence-electron chi connectivity index (χ1n) is 7.91. The average molecular weight is 431 g/mol. The highest BCUT2D eigenvalue weighted by Crippen LogP contribution is 2.59. The molecule has 1 atom stereocenters. The van der Waals surface area contributed by atoms with Crippen molar-refractivity contribution in [3.63, 3.8) is 0 Å². The van der Waals surface area contributed by atoms with Crippen molar-refractivity contribution in [2.24, 2.45) is 0 Å². The Kier molecular flexibility index (Phi) is 5.50. The molecular weight excluding hydrogens is 410 g/mol. The van der Waals surface area contributed by atoms with Crippen LogP contribution in [0.2, 0.25) is 0 Å². The molecular formula is C21H21IP+. The first-order valence-corrected chi connectivity index (χ1v) is 11.3. The number of rotatable bonds is 5. The van der Waals surface area contributed by atoms with Crippen LogP contribution < -0.4 is 15.9 Å². The molecule has 2 heteroatoms. The van der Waals surface area contributed by atoms with Crippen molar-refractivity contribution in [1.29, 1.82) is 0 Å². The summed E-state index contributed by atoms with van der Waals surface area (Å²) in [7, 11) is -1.65. The van der Waals surface area contributed by atoms with Gasteiger partial charge in [-0.25, -0.2) is 0 Å². The third-order valence-electron chi connectivity index (χ3n) is 4.37.